The molecule has 1 fully saturated rings. The third kappa shape index (κ3) is 3.28. The van der Waals surface area contributed by atoms with Crippen LogP contribution in [0.25, 0.3) is 0 Å². The van der Waals surface area contributed by atoms with Gasteiger partial charge in [-0.3, -0.25) is 9.52 Å². The van der Waals surface area contributed by atoms with Gasteiger partial charge < -0.3 is 5.32 Å². The largest absolute Gasteiger partial charge is 0.349 e. The van der Waals surface area contributed by atoms with Crippen molar-refractivity contribution >= 4 is 32.4 Å². The van der Waals surface area contributed by atoms with Crippen LogP contribution in [-0.2, 0) is 10.0 Å². The average molecular weight is 337 g/mol. The van der Waals surface area contributed by atoms with E-state index >= 15 is 0 Å². The summed E-state index contributed by atoms with van der Waals surface area (Å²) in [5, 5.41) is 3.07. The highest BCUT2D eigenvalue weighted by molar-refractivity contribution is 7.93. The van der Waals surface area contributed by atoms with Crippen LogP contribution in [0, 0.1) is 6.92 Å². The zero-order valence-electron chi connectivity index (χ0n) is 11.9. The summed E-state index contributed by atoms with van der Waals surface area (Å²) in [4.78, 5) is 16.8. The van der Waals surface area contributed by atoms with Crippen molar-refractivity contribution in [2.75, 3.05) is 4.72 Å². The summed E-state index contributed by atoms with van der Waals surface area (Å²) in [6.07, 6.45) is 1.99. The molecule has 1 aliphatic rings. The highest BCUT2D eigenvalue weighted by Crippen LogP contribution is 2.26. The fourth-order valence-corrected chi connectivity index (χ4v) is 4.03. The lowest BCUT2D eigenvalue weighted by Crippen LogP contribution is -2.25. The molecule has 0 unspecified atom stereocenters. The first-order chi connectivity index (χ1) is 10.5. The summed E-state index contributed by atoms with van der Waals surface area (Å²) >= 11 is 1.05. The molecule has 0 atom stereocenters. The number of benzene rings is 1. The Bertz CT molecular complexity index is 796. The molecule has 1 heterocycles. The third-order valence-corrected chi connectivity index (χ3v) is 5.75. The zero-order valence-corrected chi connectivity index (χ0v) is 13.5. The maximum Gasteiger partial charge on any atom is 0.263 e. The molecular weight excluding hydrogens is 322 g/mol. The summed E-state index contributed by atoms with van der Waals surface area (Å²) in [5.41, 5.74) is 0.522. The Kier molecular flexibility index (Phi) is 3.88. The first kappa shape index (κ1) is 15.0. The second-order valence-corrected chi connectivity index (χ2v) is 7.78. The van der Waals surface area contributed by atoms with Gasteiger partial charge in [0.25, 0.3) is 15.9 Å². The molecule has 1 amide bonds. The quantitative estimate of drug-likeness (QED) is 0.875. The third-order valence-electron chi connectivity index (χ3n) is 3.19. The van der Waals surface area contributed by atoms with E-state index in [1.807, 2.05) is 0 Å². The van der Waals surface area contributed by atoms with Crippen LogP contribution in [-0.4, -0.2) is 25.4 Å². The van der Waals surface area contributed by atoms with Gasteiger partial charge >= 0.3 is 0 Å². The lowest BCUT2D eigenvalue weighted by molar-refractivity contribution is 0.0954. The molecule has 116 valence electrons. The summed E-state index contributed by atoms with van der Waals surface area (Å²) in [6, 6.07) is 8.30. The van der Waals surface area contributed by atoms with Crippen molar-refractivity contribution in [3.8, 4) is 0 Å². The summed E-state index contributed by atoms with van der Waals surface area (Å²) in [5.74, 6) is -0.192. The Morgan fingerprint density at radius 3 is 2.59 bits per heavy atom. The molecule has 0 radical (unpaired) electrons. The number of aryl methyl sites for hydroxylation is 1. The van der Waals surface area contributed by atoms with Crippen LogP contribution >= 0.6 is 11.3 Å². The maximum absolute atomic E-state index is 12.2. The van der Waals surface area contributed by atoms with Crippen molar-refractivity contribution < 1.29 is 13.2 Å². The Balaban J connectivity index is 1.80. The second kappa shape index (κ2) is 5.69. The number of amides is 1. The van der Waals surface area contributed by atoms with Crippen LogP contribution in [0.5, 0.6) is 0 Å². The number of nitrogens with one attached hydrogen (secondary N) is 2. The first-order valence-electron chi connectivity index (χ1n) is 6.82. The van der Waals surface area contributed by atoms with Crippen molar-refractivity contribution in [3.05, 3.63) is 40.9 Å². The van der Waals surface area contributed by atoms with Gasteiger partial charge in [0.05, 0.1) is 10.6 Å². The molecule has 1 saturated carbocycles. The zero-order chi connectivity index (χ0) is 15.7. The van der Waals surface area contributed by atoms with Gasteiger partial charge in [-0.25, -0.2) is 13.4 Å². The summed E-state index contributed by atoms with van der Waals surface area (Å²) in [6.45, 7) is 1.69. The minimum Gasteiger partial charge on any atom is -0.349 e. The van der Waals surface area contributed by atoms with E-state index in [9.17, 15) is 13.2 Å². The first-order valence-corrected chi connectivity index (χ1v) is 9.12. The molecule has 3 rings (SSSR count). The van der Waals surface area contributed by atoms with E-state index in [1.165, 1.54) is 12.1 Å². The van der Waals surface area contributed by atoms with E-state index in [0.717, 1.165) is 24.2 Å². The molecule has 2 aromatic rings. The monoisotopic (exact) mass is 337 g/mol. The number of aromatic nitrogens is 1. The smallest absolute Gasteiger partial charge is 0.263 e. The normalized spacial score (nSPS) is 14.6. The van der Waals surface area contributed by atoms with Gasteiger partial charge in [-0.05, 0) is 31.9 Å². The van der Waals surface area contributed by atoms with Gasteiger partial charge in [0.1, 0.15) is 4.88 Å². The molecule has 1 aromatic heterocycles. The number of rotatable bonds is 5. The van der Waals surface area contributed by atoms with Gasteiger partial charge in [0.15, 0.2) is 5.13 Å². The van der Waals surface area contributed by atoms with Crippen molar-refractivity contribution in [3.63, 3.8) is 0 Å². The van der Waals surface area contributed by atoms with Crippen molar-refractivity contribution in [2.45, 2.75) is 30.7 Å². The van der Waals surface area contributed by atoms with Crippen LogP contribution in [0.3, 0.4) is 0 Å². The fourth-order valence-electron chi connectivity index (χ4n) is 1.90. The van der Waals surface area contributed by atoms with Gasteiger partial charge in [0, 0.05) is 6.04 Å². The maximum atomic E-state index is 12.2. The minimum absolute atomic E-state index is 0.159. The lowest BCUT2D eigenvalue weighted by Gasteiger charge is -2.04. The Morgan fingerprint density at radius 1 is 1.27 bits per heavy atom. The number of hydrogen-bond acceptors (Lipinski definition) is 5. The van der Waals surface area contributed by atoms with Crippen LogP contribution in [0.2, 0.25) is 0 Å². The molecule has 8 heteroatoms. The van der Waals surface area contributed by atoms with Gasteiger partial charge in [-0.15, -0.1) is 0 Å². The number of anilines is 1. The molecule has 0 aliphatic heterocycles. The average Bonchev–Trinajstić information content (AvgIpc) is 3.21. The Morgan fingerprint density at radius 2 is 1.95 bits per heavy atom. The molecular formula is C14H15N3O3S2. The molecule has 6 nitrogen and oxygen atoms in total. The van der Waals surface area contributed by atoms with E-state index in [-0.39, 0.29) is 22.0 Å². The van der Waals surface area contributed by atoms with E-state index in [0.29, 0.717) is 10.6 Å². The van der Waals surface area contributed by atoms with Crippen molar-refractivity contribution in [2.24, 2.45) is 0 Å². The van der Waals surface area contributed by atoms with Gasteiger partial charge in [-0.1, -0.05) is 29.5 Å². The minimum atomic E-state index is -3.69. The molecule has 0 spiro atoms. The standard InChI is InChI=1S/C14H15N3O3S2/c1-9-12(13(18)16-10-7-8-10)21-14(15-9)17-22(19,20)11-5-3-2-4-6-11/h2-6,10H,7-8H2,1H3,(H,15,17)(H,16,18). The SMILES string of the molecule is Cc1nc(NS(=O)(=O)c2ccccc2)sc1C(=O)NC1CC1. The van der Waals surface area contributed by atoms with Crippen LogP contribution in [0.4, 0.5) is 5.13 Å². The molecule has 0 bridgehead atoms. The Hall–Kier alpha value is -1.93. The number of sulfonamides is 1. The number of nitrogens with zero attached hydrogens (tertiary/aromatic N) is 1. The van der Waals surface area contributed by atoms with Crippen molar-refractivity contribution in [1.82, 2.24) is 10.3 Å². The number of carbonyl (C=O) groups is 1. The van der Waals surface area contributed by atoms with E-state index < -0.39 is 10.0 Å². The summed E-state index contributed by atoms with van der Waals surface area (Å²) in [7, 11) is -3.69. The molecule has 2 N–H and O–H groups in total. The van der Waals surface area contributed by atoms with Crippen LogP contribution in [0.1, 0.15) is 28.2 Å². The van der Waals surface area contributed by atoms with Gasteiger partial charge in [-0.2, -0.15) is 0 Å². The van der Waals surface area contributed by atoms with Crippen LogP contribution in [0.15, 0.2) is 35.2 Å². The van der Waals surface area contributed by atoms with Crippen molar-refractivity contribution in [1.29, 1.82) is 0 Å². The van der Waals surface area contributed by atoms with Crippen LogP contribution < -0.4 is 10.0 Å². The highest BCUT2D eigenvalue weighted by Gasteiger charge is 2.26. The summed E-state index contributed by atoms with van der Waals surface area (Å²) < 4.78 is 26.9. The fraction of sp³-hybridized carbons (Fsp3) is 0.286. The van der Waals surface area contributed by atoms with Gasteiger partial charge in [0.2, 0.25) is 0 Å². The second-order valence-electron chi connectivity index (χ2n) is 5.10. The lowest BCUT2D eigenvalue weighted by atomic mass is 10.4. The van der Waals surface area contributed by atoms with E-state index in [2.05, 4.69) is 15.0 Å². The Labute approximate surface area is 132 Å². The predicted molar refractivity (Wildman–Crippen MR) is 84.6 cm³/mol. The van der Waals surface area contributed by atoms with E-state index in [4.69, 9.17) is 0 Å². The number of hydrogen-bond donors (Lipinski definition) is 2. The number of thiazole rings is 1. The predicted octanol–water partition coefficient (Wildman–Crippen LogP) is 2.14. The molecule has 1 aliphatic carbocycles. The molecule has 1 aromatic carbocycles. The molecule has 22 heavy (non-hydrogen) atoms. The molecule has 0 saturated heterocycles. The topological polar surface area (TPSA) is 88.2 Å². The van der Waals surface area contributed by atoms with E-state index in [1.54, 1.807) is 25.1 Å². The number of carbonyl (C=O) groups excluding carboxylic acids is 1. The highest BCUT2D eigenvalue weighted by atomic mass is 32.2.